The number of hydrogen-bond donors (Lipinski definition) is 3. The number of phenols is 1. The lowest BCUT2D eigenvalue weighted by Gasteiger charge is -2.33. The van der Waals surface area contributed by atoms with Gasteiger partial charge in [-0.3, -0.25) is 4.79 Å². The van der Waals surface area contributed by atoms with Crippen LogP contribution in [0.1, 0.15) is 5.82 Å². The smallest absolute Gasteiger partial charge is 0.259 e. The van der Waals surface area contributed by atoms with Crippen LogP contribution in [-0.4, -0.2) is 41.3 Å². The van der Waals surface area contributed by atoms with Gasteiger partial charge in [-0.15, -0.1) is 11.3 Å². The molecule has 0 bridgehead atoms. The van der Waals surface area contributed by atoms with E-state index in [2.05, 4.69) is 9.88 Å². The topological polar surface area (TPSA) is 73.7 Å². The molecular weight excluding hydrogens is 396 g/mol. The van der Waals surface area contributed by atoms with Gasteiger partial charge in [0.25, 0.3) is 5.56 Å². The van der Waals surface area contributed by atoms with Gasteiger partial charge >= 0.3 is 0 Å². The van der Waals surface area contributed by atoms with E-state index < -0.39 is 0 Å². The molecule has 3 N–H and O–H groups in total. The van der Waals surface area contributed by atoms with Crippen molar-refractivity contribution in [2.24, 2.45) is 0 Å². The van der Waals surface area contributed by atoms with Gasteiger partial charge in [0.05, 0.1) is 37.3 Å². The third kappa shape index (κ3) is 3.69. The Morgan fingerprint density at radius 1 is 1.07 bits per heavy atom. The molecule has 7 heteroatoms. The number of benzene rings is 2. The van der Waals surface area contributed by atoms with Gasteiger partial charge in [-0.2, -0.15) is 0 Å². The monoisotopic (exact) mass is 419 g/mol. The highest BCUT2D eigenvalue weighted by Gasteiger charge is 2.23. The second kappa shape index (κ2) is 7.93. The van der Waals surface area contributed by atoms with Crippen molar-refractivity contribution in [3.63, 3.8) is 0 Å². The quantitative estimate of drug-likeness (QED) is 0.474. The summed E-state index contributed by atoms with van der Waals surface area (Å²) in [7, 11) is 0. The normalized spacial score (nSPS) is 15.0. The number of fused-ring (bicyclic) bond motifs is 1. The maximum absolute atomic E-state index is 12.6. The number of nitrogens with one attached hydrogen (secondary N) is 2. The summed E-state index contributed by atoms with van der Waals surface area (Å²) in [6.45, 7) is 4.26. The average Bonchev–Trinajstić information content (AvgIpc) is 3.20. The number of quaternary nitrogens is 1. The SMILES string of the molecule is O=c1[nH]c(C[NH+]2CCN(c3ccccc3O)CC2)nc2sc(-c3ccccc3)cc12. The Labute approximate surface area is 178 Å². The van der Waals surface area contributed by atoms with Crippen LogP contribution in [0.2, 0.25) is 0 Å². The summed E-state index contributed by atoms with van der Waals surface area (Å²) < 4.78 is 0. The highest BCUT2D eigenvalue weighted by atomic mass is 32.1. The molecule has 2 aromatic carbocycles. The van der Waals surface area contributed by atoms with Crippen molar-refractivity contribution >= 4 is 27.2 Å². The molecule has 0 radical (unpaired) electrons. The number of rotatable bonds is 4. The van der Waals surface area contributed by atoms with Crippen molar-refractivity contribution in [2.45, 2.75) is 6.54 Å². The molecule has 0 spiro atoms. The first-order valence-electron chi connectivity index (χ1n) is 10.1. The van der Waals surface area contributed by atoms with E-state index in [1.807, 2.05) is 54.6 Å². The average molecular weight is 420 g/mol. The van der Waals surface area contributed by atoms with E-state index in [1.54, 1.807) is 17.4 Å². The first-order valence-corrected chi connectivity index (χ1v) is 10.9. The van der Waals surface area contributed by atoms with Crippen molar-refractivity contribution in [1.82, 2.24) is 9.97 Å². The van der Waals surface area contributed by atoms with Crippen LogP contribution in [0.15, 0.2) is 65.5 Å². The number of aromatic hydroxyl groups is 1. The van der Waals surface area contributed by atoms with Crippen molar-refractivity contribution in [3.05, 3.63) is 76.8 Å². The summed E-state index contributed by atoms with van der Waals surface area (Å²) in [5.74, 6) is 1.06. The third-order valence-corrected chi connectivity index (χ3v) is 6.70. The molecule has 0 saturated carbocycles. The summed E-state index contributed by atoms with van der Waals surface area (Å²) in [5, 5.41) is 10.7. The molecule has 1 saturated heterocycles. The molecule has 0 aliphatic carbocycles. The zero-order valence-electron chi connectivity index (χ0n) is 16.5. The molecule has 0 amide bonds. The highest BCUT2D eigenvalue weighted by Crippen LogP contribution is 2.30. The van der Waals surface area contributed by atoms with Crippen LogP contribution in [0, 0.1) is 0 Å². The van der Waals surface area contributed by atoms with Gasteiger partial charge in [0.15, 0.2) is 5.82 Å². The number of anilines is 1. The second-order valence-electron chi connectivity index (χ2n) is 7.61. The van der Waals surface area contributed by atoms with Crippen LogP contribution >= 0.6 is 11.3 Å². The summed E-state index contributed by atoms with van der Waals surface area (Å²) >= 11 is 1.56. The second-order valence-corrected chi connectivity index (χ2v) is 8.64. The number of aromatic nitrogens is 2. The fourth-order valence-corrected chi connectivity index (χ4v) is 5.07. The Bertz CT molecular complexity index is 1230. The lowest BCUT2D eigenvalue weighted by Crippen LogP contribution is -3.13. The summed E-state index contributed by atoms with van der Waals surface area (Å²) in [5.41, 5.74) is 1.92. The first-order chi connectivity index (χ1) is 14.7. The molecule has 0 atom stereocenters. The van der Waals surface area contributed by atoms with Crippen molar-refractivity contribution in [2.75, 3.05) is 31.1 Å². The predicted octanol–water partition coefficient (Wildman–Crippen LogP) is 2.26. The van der Waals surface area contributed by atoms with Crippen LogP contribution in [0.3, 0.4) is 0 Å². The number of hydrogen-bond acceptors (Lipinski definition) is 5. The number of H-pyrrole nitrogens is 1. The van der Waals surface area contributed by atoms with Gasteiger partial charge in [0.2, 0.25) is 0 Å². The van der Waals surface area contributed by atoms with E-state index in [4.69, 9.17) is 4.98 Å². The predicted molar refractivity (Wildman–Crippen MR) is 120 cm³/mol. The molecule has 1 aliphatic rings. The maximum Gasteiger partial charge on any atom is 0.259 e. The molecule has 3 heterocycles. The highest BCUT2D eigenvalue weighted by molar-refractivity contribution is 7.21. The van der Waals surface area contributed by atoms with Crippen molar-refractivity contribution < 1.29 is 10.0 Å². The molecule has 0 unspecified atom stereocenters. The lowest BCUT2D eigenvalue weighted by atomic mass is 10.2. The van der Waals surface area contributed by atoms with E-state index in [-0.39, 0.29) is 5.56 Å². The fourth-order valence-electron chi connectivity index (χ4n) is 4.01. The van der Waals surface area contributed by atoms with E-state index in [9.17, 15) is 9.90 Å². The van der Waals surface area contributed by atoms with Crippen molar-refractivity contribution in [3.8, 4) is 16.2 Å². The molecular formula is C23H23N4O2S+. The standard InChI is InChI=1S/C23H22N4O2S/c28-19-9-5-4-8-18(19)27-12-10-26(11-13-27)15-21-24-22(29)17-14-20(30-23(17)25-21)16-6-2-1-3-7-16/h1-9,14,28H,10-13,15H2,(H,24,25,29)/p+1. The number of nitrogens with zero attached hydrogens (tertiary/aromatic N) is 2. The molecule has 6 nitrogen and oxygen atoms in total. The number of aromatic amines is 1. The largest absolute Gasteiger partial charge is 0.506 e. The molecule has 5 rings (SSSR count). The van der Waals surface area contributed by atoms with Gasteiger partial charge < -0.3 is 19.9 Å². The number of thiophene rings is 1. The molecule has 152 valence electrons. The van der Waals surface area contributed by atoms with Crippen LogP contribution in [0.4, 0.5) is 5.69 Å². The molecule has 1 fully saturated rings. The van der Waals surface area contributed by atoms with Crippen LogP contribution < -0.4 is 15.4 Å². The molecule has 30 heavy (non-hydrogen) atoms. The zero-order valence-corrected chi connectivity index (χ0v) is 17.3. The van der Waals surface area contributed by atoms with E-state index >= 15 is 0 Å². The Morgan fingerprint density at radius 2 is 1.80 bits per heavy atom. The summed E-state index contributed by atoms with van der Waals surface area (Å²) in [6.07, 6.45) is 0. The Morgan fingerprint density at radius 3 is 2.57 bits per heavy atom. The van der Waals surface area contributed by atoms with Gasteiger partial charge in [0.1, 0.15) is 17.1 Å². The Balaban J connectivity index is 1.31. The van der Waals surface area contributed by atoms with Gasteiger partial charge in [-0.1, -0.05) is 42.5 Å². The third-order valence-electron chi connectivity index (χ3n) is 5.62. The number of phenolic OH excluding ortho intramolecular Hbond substituents is 1. The van der Waals surface area contributed by atoms with Crippen LogP contribution in [0.25, 0.3) is 20.7 Å². The molecule has 1 aliphatic heterocycles. The fraction of sp³-hybridized carbons (Fsp3) is 0.217. The van der Waals surface area contributed by atoms with E-state index in [0.29, 0.717) is 17.7 Å². The minimum atomic E-state index is -0.0688. The van der Waals surface area contributed by atoms with Crippen molar-refractivity contribution in [1.29, 1.82) is 0 Å². The minimum Gasteiger partial charge on any atom is -0.506 e. The van der Waals surface area contributed by atoms with Crippen LogP contribution in [-0.2, 0) is 6.54 Å². The summed E-state index contributed by atoms with van der Waals surface area (Å²) in [6, 6.07) is 19.5. The maximum atomic E-state index is 12.6. The Kier molecular flexibility index (Phi) is 4.98. The van der Waals surface area contributed by atoms with E-state index in [0.717, 1.165) is 53.0 Å². The number of piperazine rings is 1. The van der Waals surface area contributed by atoms with E-state index in [1.165, 1.54) is 4.90 Å². The van der Waals surface area contributed by atoms with Gasteiger partial charge in [-0.05, 0) is 23.8 Å². The van der Waals surface area contributed by atoms with Gasteiger partial charge in [-0.25, -0.2) is 4.98 Å². The summed E-state index contributed by atoms with van der Waals surface area (Å²) in [4.78, 5) is 25.8. The minimum absolute atomic E-state index is 0.0688. The lowest BCUT2D eigenvalue weighted by molar-refractivity contribution is -0.915. The first kappa shape index (κ1) is 18.8. The van der Waals surface area contributed by atoms with Gasteiger partial charge in [0, 0.05) is 4.88 Å². The number of para-hydroxylation sites is 2. The molecule has 2 aromatic heterocycles. The molecule has 4 aromatic rings. The Hall–Kier alpha value is -3.16. The zero-order chi connectivity index (χ0) is 20.5. The van der Waals surface area contributed by atoms with Crippen LogP contribution in [0.5, 0.6) is 5.75 Å².